The third-order valence-corrected chi connectivity index (χ3v) is 5.39. The van der Waals surface area contributed by atoms with Crippen LogP contribution in [0, 0.1) is 5.92 Å². The Kier molecular flexibility index (Phi) is 4.85. The molecule has 3 rings (SSSR count). The number of rotatable bonds is 3. The van der Waals surface area contributed by atoms with Gasteiger partial charge in [0.15, 0.2) is 0 Å². The molecule has 1 spiro atoms. The van der Waals surface area contributed by atoms with Crippen LogP contribution in [-0.4, -0.2) is 12.2 Å². The van der Waals surface area contributed by atoms with Crippen molar-refractivity contribution in [2.45, 2.75) is 56.6 Å². The number of benzene rings is 1. The predicted molar refractivity (Wildman–Crippen MR) is 86.0 cm³/mol. The molecule has 0 bridgehead atoms. The number of nitrogens with two attached hydrogens (primary N) is 1. The highest BCUT2D eigenvalue weighted by molar-refractivity contribution is 6.30. The summed E-state index contributed by atoms with van der Waals surface area (Å²) in [6.45, 7) is 0.851. The zero-order valence-electron chi connectivity index (χ0n) is 12.5. The molecule has 1 aromatic rings. The second-order valence-electron chi connectivity index (χ2n) is 6.54. The molecule has 1 saturated heterocycles. The van der Waals surface area contributed by atoms with E-state index in [-0.39, 0.29) is 11.6 Å². The van der Waals surface area contributed by atoms with Gasteiger partial charge in [-0.05, 0) is 49.3 Å². The monoisotopic (exact) mass is 308 g/mol. The van der Waals surface area contributed by atoms with Crippen LogP contribution in [0.3, 0.4) is 0 Å². The van der Waals surface area contributed by atoms with Crippen LogP contribution in [0.5, 0.6) is 0 Å². The summed E-state index contributed by atoms with van der Waals surface area (Å²) in [6, 6.07) is 8.20. The van der Waals surface area contributed by atoms with Crippen molar-refractivity contribution in [2.75, 3.05) is 6.61 Å². The van der Waals surface area contributed by atoms with Crippen molar-refractivity contribution >= 4 is 11.6 Å². The number of ether oxygens (including phenoxy) is 1. The van der Waals surface area contributed by atoms with Crippen LogP contribution in [0.15, 0.2) is 24.3 Å². The molecule has 3 nitrogen and oxygen atoms in total. The molecule has 1 heterocycles. The third-order valence-electron chi connectivity index (χ3n) is 5.15. The molecular weight excluding hydrogens is 284 g/mol. The van der Waals surface area contributed by atoms with Crippen LogP contribution >= 0.6 is 11.6 Å². The third kappa shape index (κ3) is 3.42. The summed E-state index contributed by atoms with van der Waals surface area (Å²) in [5, 5.41) is 0.771. The lowest BCUT2D eigenvalue weighted by Crippen LogP contribution is -2.45. The van der Waals surface area contributed by atoms with Gasteiger partial charge in [0.2, 0.25) is 0 Å². The summed E-state index contributed by atoms with van der Waals surface area (Å²) in [5.41, 5.74) is 4.31. The zero-order valence-corrected chi connectivity index (χ0v) is 13.2. The minimum Gasteiger partial charge on any atom is -0.375 e. The highest BCUT2D eigenvalue weighted by Crippen LogP contribution is 2.44. The molecule has 1 aromatic carbocycles. The van der Waals surface area contributed by atoms with Crippen LogP contribution in [0.1, 0.15) is 56.6 Å². The molecular formula is C17H25ClN2O. The Bertz CT molecular complexity index is 468. The number of hydrogen-bond acceptors (Lipinski definition) is 3. The Morgan fingerprint density at radius 1 is 1.29 bits per heavy atom. The smallest absolute Gasteiger partial charge is 0.0686 e. The summed E-state index contributed by atoms with van der Waals surface area (Å²) in [6.07, 6.45) is 8.52. The van der Waals surface area contributed by atoms with Crippen molar-refractivity contribution < 1.29 is 4.74 Å². The maximum Gasteiger partial charge on any atom is 0.0686 e. The molecule has 0 amide bonds. The highest BCUT2D eigenvalue weighted by Gasteiger charge is 2.40. The van der Waals surface area contributed by atoms with Gasteiger partial charge in [-0.15, -0.1) is 0 Å². The van der Waals surface area contributed by atoms with E-state index >= 15 is 0 Å². The molecule has 4 heteroatoms. The van der Waals surface area contributed by atoms with E-state index in [0.717, 1.165) is 24.5 Å². The first-order chi connectivity index (χ1) is 10.2. The quantitative estimate of drug-likeness (QED) is 0.656. The van der Waals surface area contributed by atoms with E-state index in [0.29, 0.717) is 5.92 Å². The van der Waals surface area contributed by atoms with Crippen LogP contribution < -0.4 is 11.3 Å². The minimum atomic E-state index is 0.106. The van der Waals surface area contributed by atoms with E-state index in [1.54, 1.807) is 0 Å². The fourth-order valence-electron chi connectivity index (χ4n) is 4.10. The van der Waals surface area contributed by atoms with Crippen LogP contribution in [0.25, 0.3) is 0 Å². The molecule has 21 heavy (non-hydrogen) atoms. The molecule has 1 aliphatic carbocycles. The second-order valence-corrected chi connectivity index (χ2v) is 6.98. The van der Waals surface area contributed by atoms with Crippen molar-refractivity contribution in [3.05, 3.63) is 34.9 Å². The molecule has 2 aliphatic rings. The molecule has 0 radical (unpaired) electrons. The number of hydrazine groups is 1. The average molecular weight is 309 g/mol. The van der Waals surface area contributed by atoms with Gasteiger partial charge in [-0.2, -0.15) is 0 Å². The van der Waals surface area contributed by atoms with Crippen LogP contribution in [0.4, 0.5) is 0 Å². The lowest BCUT2D eigenvalue weighted by atomic mass is 9.73. The molecule has 116 valence electrons. The number of halogens is 1. The summed E-state index contributed by atoms with van der Waals surface area (Å²) >= 11 is 6.13. The minimum absolute atomic E-state index is 0.106. The molecule has 0 aromatic heterocycles. The Labute approximate surface area is 132 Å². The van der Waals surface area contributed by atoms with Gasteiger partial charge in [0.25, 0.3) is 0 Å². The van der Waals surface area contributed by atoms with Gasteiger partial charge in [0.1, 0.15) is 0 Å². The Morgan fingerprint density at radius 2 is 2.10 bits per heavy atom. The molecule has 1 saturated carbocycles. The first-order valence-electron chi connectivity index (χ1n) is 8.08. The van der Waals surface area contributed by atoms with Crippen molar-refractivity contribution in [3.8, 4) is 0 Å². The highest BCUT2D eigenvalue weighted by atomic mass is 35.5. The molecule has 3 N–H and O–H groups in total. The lowest BCUT2D eigenvalue weighted by molar-refractivity contribution is -0.122. The summed E-state index contributed by atoms with van der Waals surface area (Å²) in [5.74, 6) is 6.38. The average Bonchev–Trinajstić information content (AvgIpc) is 2.49. The van der Waals surface area contributed by atoms with Gasteiger partial charge < -0.3 is 4.74 Å². The maximum atomic E-state index is 6.20. The van der Waals surface area contributed by atoms with Gasteiger partial charge in [-0.1, -0.05) is 43.0 Å². The van der Waals surface area contributed by atoms with E-state index in [4.69, 9.17) is 22.2 Å². The second kappa shape index (κ2) is 6.66. The summed E-state index contributed by atoms with van der Waals surface area (Å²) in [4.78, 5) is 0. The van der Waals surface area contributed by atoms with E-state index in [2.05, 4.69) is 11.5 Å². The van der Waals surface area contributed by atoms with Crippen LogP contribution in [0.2, 0.25) is 5.02 Å². The van der Waals surface area contributed by atoms with Crippen molar-refractivity contribution in [3.63, 3.8) is 0 Å². The van der Waals surface area contributed by atoms with Gasteiger partial charge in [-0.25, -0.2) is 0 Å². The van der Waals surface area contributed by atoms with Crippen LogP contribution in [-0.2, 0) is 4.74 Å². The first-order valence-corrected chi connectivity index (χ1v) is 8.46. The van der Waals surface area contributed by atoms with E-state index < -0.39 is 0 Å². The molecule has 2 unspecified atom stereocenters. The zero-order chi connectivity index (χ0) is 14.7. The summed E-state index contributed by atoms with van der Waals surface area (Å²) in [7, 11) is 0. The summed E-state index contributed by atoms with van der Waals surface area (Å²) < 4.78 is 6.20. The predicted octanol–water partition coefficient (Wildman–Crippen LogP) is 3.97. The fraction of sp³-hybridized carbons (Fsp3) is 0.647. The number of nitrogens with one attached hydrogen (secondary N) is 1. The fourth-order valence-corrected chi connectivity index (χ4v) is 4.30. The maximum absolute atomic E-state index is 6.20. The molecule has 2 atom stereocenters. The van der Waals surface area contributed by atoms with Gasteiger partial charge in [0.05, 0.1) is 5.60 Å². The van der Waals surface area contributed by atoms with E-state index in [1.165, 1.54) is 37.7 Å². The lowest BCUT2D eigenvalue weighted by Gasteiger charge is -2.45. The van der Waals surface area contributed by atoms with Crippen molar-refractivity contribution in [2.24, 2.45) is 11.8 Å². The van der Waals surface area contributed by atoms with Gasteiger partial charge >= 0.3 is 0 Å². The first kappa shape index (κ1) is 15.3. The Hall–Kier alpha value is -0.610. The molecule has 1 aliphatic heterocycles. The van der Waals surface area contributed by atoms with E-state index in [1.807, 2.05) is 18.2 Å². The SMILES string of the molecule is NNC(c1cccc(Cl)c1)C1CCOC2(CCCCC2)C1. The van der Waals surface area contributed by atoms with Gasteiger partial charge in [-0.3, -0.25) is 11.3 Å². The van der Waals surface area contributed by atoms with Crippen molar-refractivity contribution in [1.82, 2.24) is 5.43 Å². The Balaban J connectivity index is 1.77. The normalized spacial score (nSPS) is 26.7. The Morgan fingerprint density at radius 3 is 2.81 bits per heavy atom. The standard InChI is InChI=1S/C17H25ClN2O/c18-15-6-4-5-13(11-15)16(20-19)14-7-10-21-17(12-14)8-2-1-3-9-17/h4-6,11,14,16,20H,1-3,7-10,12,19H2. The largest absolute Gasteiger partial charge is 0.375 e. The molecule has 2 fully saturated rings. The number of hydrogen-bond donors (Lipinski definition) is 2. The topological polar surface area (TPSA) is 47.3 Å². The van der Waals surface area contributed by atoms with Crippen molar-refractivity contribution in [1.29, 1.82) is 0 Å². The van der Waals surface area contributed by atoms with Gasteiger partial charge in [0, 0.05) is 17.7 Å². The van der Waals surface area contributed by atoms with E-state index in [9.17, 15) is 0 Å².